The van der Waals surface area contributed by atoms with Gasteiger partial charge in [-0.15, -0.1) is 0 Å². The zero-order chi connectivity index (χ0) is 10.0. The molecule has 1 rings (SSSR count). The maximum atomic E-state index is 10.7. The van der Waals surface area contributed by atoms with E-state index in [0.29, 0.717) is 27.5 Å². The topological polar surface area (TPSA) is 17.1 Å². The minimum Gasteiger partial charge on any atom is -0.298 e. The monoisotopic (exact) mass is 214 g/mol. The van der Waals surface area contributed by atoms with Crippen LogP contribution in [0.5, 0.6) is 0 Å². The second kappa shape index (κ2) is 3.95. The van der Waals surface area contributed by atoms with Crippen LogP contribution < -0.4 is 0 Å². The van der Waals surface area contributed by atoms with E-state index in [-0.39, 0.29) is 0 Å². The molecular weight excluding hydrogens is 207 g/mol. The molecule has 0 atom stereocenters. The van der Waals surface area contributed by atoms with E-state index >= 15 is 0 Å². The van der Waals surface area contributed by atoms with Gasteiger partial charge in [0.05, 0.1) is 5.02 Å². The Morgan fingerprint density at radius 2 is 2.08 bits per heavy atom. The summed E-state index contributed by atoms with van der Waals surface area (Å²) in [6.07, 6.45) is 0.711. The predicted molar refractivity (Wildman–Crippen MR) is 56.6 cm³/mol. The highest BCUT2D eigenvalue weighted by atomic mass is 35.5. The number of aldehydes is 1. The fraction of sp³-hybridized carbons (Fsp3) is 0.100. The van der Waals surface area contributed by atoms with Crippen LogP contribution in [0.4, 0.5) is 0 Å². The molecule has 0 unspecified atom stereocenters. The summed E-state index contributed by atoms with van der Waals surface area (Å²) in [5, 5.41) is 0.870. The minimum absolute atomic E-state index is 0.362. The van der Waals surface area contributed by atoms with Crippen LogP contribution >= 0.6 is 23.2 Å². The summed E-state index contributed by atoms with van der Waals surface area (Å²) in [6, 6.07) is 3.22. The van der Waals surface area contributed by atoms with Crippen molar-refractivity contribution in [2.75, 3.05) is 0 Å². The summed E-state index contributed by atoms with van der Waals surface area (Å²) >= 11 is 11.6. The van der Waals surface area contributed by atoms with Gasteiger partial charge in [0.15, 0.2) is 6.29 Å². The van der Waals surface area contributed by atoms with Crippen molar-refractivity contribution in [3.05, 3.63) is 39.9 Å². The first-order valence-electron chi connectivity index (χ1n) is 3.66. The summed E-state index contributed by atoms with van der Waals surface area (Å²) in [6.45, 7) is 5.54. The smallest absolute Gasteiger partial charge is 0.152 e. The van der Waals surface area contributed by atoms with Gasteiger partial charge < -0.3 is 0 Å². The maximum Gasteiger partial charge on any atom is 0.152 e. The van der Waals surface area contributed by atoms with Crippen LogP contribution in [0, 0.1) is 0 Å². The van der Waals surface area contributed by atoms with Crippen LogP contribution in [0.15, 0.2) is 18.7 Å². The van der Waals surface area contributed by atoms with Crippen LogP contribution in [0.2, 0.25) is 10.0 Å². The molecule has 3 heteroatoms. The Bertz CT molecular complexity index is 369. The largest absolute Gasteiger partial charge is 0.298 e. The van der Waals surface area contributed by atoms with Crippen molar-refractivity contribution in [2.24, 2.45) is 0 Å². The van der Waals surface area contributed by atoms with Crippen molar-refractivity contribution >= 4 is 35.1 Å². The Labute approximate surface area is 87.0 Å². The molecule has 0 aliphatic carbocycles. The Balaban J connectivity index is 3.46. The zero-order valence-electron chi connectivity index (χ0n) is 7.10. The van der Waals surface area contributed by atoms with E-state index < -0.39 is 0 Å². The molecule has 0 saturated carbocycles. The molecule has 0 fully saturated rings. The number of hydrogen-bond acceptors (Lipinski definition) is 1. The normalized spacial score (nSPS) is 9.77. The van der Waals surface area contributed by atoms with Crippen LogP contribution in [0.1, 0.15) is 22.8 Å². The van der Waals surface area contributed by atoms with Gasteiger partial charge in [0.25, 0.3) is 0 Å². The predicted octanol–water partition coefficient (Wildman–Crippen LogP) is 3.84. The number of hydrogen-bond donors (Lipinski definition) is 0. The van der Waals surface area contributed by atoms with E-state index in [9.17, 15) is 4.79 Å². The average molecular weight is 215 g/mol. The van der Waals surface area contributed by atoms with Crippen molar-refractivity contribution in [3.63, 3.8) is 0 Å². The average Bonchev–Trinajstić information content (AvgIpc) is 2.02. The first-order valence-corrected chi connectivity index (χ1v) is 4.42. The van der Waals surface area contributed by atoms with E-state index in [0.717, 1.165) is 5.57 Å². The van der Waals surface area contributed by atoms with E-state index in [1.165, 1.54) is 0 Å². The second-order valence-electron chi connectivity index (χ2n) is 2.75. The number of allylic oxidation sites excluding steroid dienone is 1. The molecule has 1 aromatic carbocycles. The Morgan fingerprint density at radius 1 is 1.46 bits per heavy atom. The van der Waals surface area contributed by atoms with E-state index in [1.54, 1.807) is 19.1 Å². The first-order chi connectivity index (χ1) is 6.06. The highest BCUT2D eigenvalue weighted by Gasteiger charge is 2.08. The highest BCUT2D eigenvalue weighted by Crippen LogP contribution is 2.27. The van der Waals surface area contributed by atoms with E-state index in [4.69, 9.17) is 23.2 Å². The number of rotatable bonds is 2. The number of carbonyl (C=O) groups excluding carboxylic acids is 1. The fourth-order valence-corrected chi connectivity index (χ4v) is 1.60. The molecule has 68 valence electrons. The third-order valence-corrected chi connectivity index (χ3v) is 2.20. The molecule has 0 saturated heterocycles. The summed E-state index contributed by atoms with van der Waals surface area (Å²) in [5.74, 6) is 0. The number of benzene rings is 1. The van der Waals surface area contributed by atoms with Gasteiger partial charge in [0.1, 0.15) is 0 Å². The molecule has 0 radical (unpaired) electrons. The molecule has 1 nitrogen and oxygen atoms in total. The fourth-order valence-electron chi connectivity index (χ4n) is 1.06. The van der Waals surface area contributed by atoms with Gasteiger partial charge in [-0.05, 0) is 24.6 Å². The minimum atomic E-state index is 0.362. The lowest BCUT2D eigenvalue weighted by molar-refractivity contribution is 0.112. The summed E-state index contributed by atoms with van der Waals surface area (Å²) < 4.78 is 0. The number of halogens is 2. The van der Waals surface area contributed by atoms with Gasteiger partial charge in [-0.2, -0.15) is 0 Å². The van der Waals surface area contributed by atoms with E-state index in [2.05, 4.69) is 6.58 Å². The lowest BCUT2D eigenvalue weighted by Crippen LogP contribution is -1.90. The molecule has 13 heavy (non-hydrogen) atoms. The Kier molecular flexibility index (Phi) is 3.12. The van der Waals surface area contributed by atoms with Gasteiger partial charge in [-0.25, -0.2) is 0 Å². The molecule has 0 aliphatic rings. The van der Waals surface area contributed by atoms with E-state index in [1.807, 2.05) is 0 Å². The van der Waals surface area contributed by atoms with Crippen LogP contribution in [0.3, 0.4) is 0 Å². The molecule has 0 bridgehead atoms. The molecule has 0 N–H and O–H groups in total. The van der Waals surface area contributed by atoms with Gasteiger partial charge >= 0.3 is 0 Å². The molecular formula is C10H8Cl2O. The quantitative estimate of drug-likeness (QED) is 0.685. The van der Waals surface area contributed by atoms with Crippen molar-refractivity contribution in [1.29, 1.82) is 0 Å². The SMILES string of the molecule is C=C(C)c1cc(Cl)cc(Cl)c1C=O. The number of carbonyl (C=O) groups is 1. The molecule has 0 aromatic heterocycles. The highest BCUT2D eigenvalue weighted by molar-refractivity contribution is 6.36. The van der Waals surface area contributed by atoms with Crippen molar-refractivity contribution < 1.29 is 4.79 Å². The van der Waals surface area contributed by atoms with Crippen molar-refractivity contribution in [1.82, 2.24) is 0 Å². The lowest BCUT2D eigenvalue weighted by atomic mass is 10.0. The third kappa shape index (κ3) is 2.11. The molecule has 0 aliphatic heterocycles. The maximum absolute atomic E-state index is 10.7. The van der Waals surface area contributed by atoms with Gasteiger partial charge in [-0.3, -0.25) is 4.79 Å². The van der Waals surface area contributed by atoms with Gasteiger partial charge in [0, 0.05) is 10.6 Å². The Morgan fingerprint density at radius 3 is 2.54 bits per heavy atom. The molecule has 0 heterocycles. The van der Waals surface area contributed by atoms with Crippen molar-refractivity contribution in [3.8, 4) is 0 Å². The lowest BCUT2D eigenvalue weighted by Gasteiger charge is -2.06. The molecule has 0 spiro atoms. The van der Waals surface area contributed by atoms with Crippen molar-refractivity contribution in [2.45, 2.75) is 6.92 Å². The van der Waals surface area contributed by atoms with Crippen LogP contribution in [-0.2, 0) is 0 Å². The van der Waals surface area contributed by atoms with Gasteiger partial charge in [-0.1, -0.05) is 35.4 Å². The summed E-state index contributed by atoms with van der Waals surface area (Å²) in [4.78, 5) is 10.7. The van der Waals surface area contributed by atoms with Crippen LogP contribution in [0.25, 0.3) is 5.57 Å². The third-order valence-electron chi connectivity index (χ3n) is 1.67. The first kappa shape index (κ1) is 10.3. The van der Waals surface area contributed by atoms with Crippen LogP contribution in [-0.4, -0.2) is 6.29 Å². The molecule has 1 aromatic rings. The second-order valence-corrected chi connectivity index (χ2v) is 3.59. The standard InChI is InChI=1S/C10H8Cl2O/c1-6(2)8-3-7(11)4-10(12)9(8)5-13/h3-5H,1H2,2H3. The molecule has 0 amide bonds. The Hall–Kier alpha value is -0.790. The van der Waals surface area contributed by atoms with Gasteiger partial charge in [0.2, 0.25) is 0 Å². The summed E-state index contributed by atoms with van der Waals surface area (Å²) in [7, 11) is 0. The summed E-state index contributed by atoms with van der Waals surface area (Å²) in [5.41, 5.74) is 1.91. The zero-order valence-corrected chi connectivity index (χ0v) is 8.62.